The molecule has 1 saturated carbocycles. The molecule has 2 fully saturated rings. The van der Waals surface area contributed by atoms with Crippen LogP contribution in [0.15, 0.2) is 0 Å². The normalized spacial score (nSPS) is 27.9. The Kier molecular flexibility index (Phi) is 4.01. The third-order valence-corrected chi connectivity index (χ3v) is 3.67. The van der Waals surface area contributed by atoms with Crippen molar-refractivity contribution in [2.24, 2.45) is 5.92 Å². The van der Waals surface area contributed by atoms with Crippen LogP contribution in [-0.4, -0.2) is 25.0 Å². The summed E-state index contributed by atoms with van der Waals surface area (Å²) >= 11 is 0. The van der Waals surface area contributed by atoms with Gasteiger partial charge in [-0.2, -0.15) is 0 Å². The Morgan fingerprint density at radius 1 is 1.13 bits per heavy atom. The van der Waals surface area contributed by atoms with E-state index >= 15 is 0 Å². The van der Waals surface area contributed by atoms with Gasteiger partial charge in [0.25, 0.3) is 0 Å². The van der Waals surface area contributed by atoms with E-state index in [0.717, 1.165) is 25.4 Å². The lowest BCUT2D eigenvalue weighted by Gasteiger charge is -2.26. The Morgan fingerprint density at radius 3 is 2.73 bits per heavy atom. The first-order valence-corrected chi connectivity index (χ1v) is 6.37. The van der Waals surface area contributed by atoms with Crippen LogP contribution in [0.2, 0.25) is 0 Å². The molecule has 1 amide bonds. The molecule has 1 unspecified atom stereocenters. The summed E-state index contributed by atoms with van der Waals surface area (Å²) in [6.45, 7) is 1.90. The minimum atomic E-state index is 0.0765. The van der Waals surface area contributed by atoms with Crippen LogP contribution >= 0.6 is 0 Å². The van der Waals surface area contributed by atoms with E-state index in [1.165, 1.54) is 38.5 Å². The molecule has 86 valence electrons. The van der Waals surface area contributed by atoms with E-state index in [-0.39, 0.29) is 11.9 Å². The SMILES string of the molecule is O=C(NCC1CCC1)C1CCCCCN1. The molecule has 3 nitrogen and oxygen atoms in total. The van der Waals surface area contributed by atoms with Crippen LogP contribution < -0.4 is 10.6 Å². The van der Waals surface area contributed by atoms with Gasteiger partial charge in [0.05, 0.1) is 6.04 Å². The molecular weight excluding hydrogens is 188 g/mol. The van der Waals surface area contributed by atoms with Crippen molar-refractivity contribution in [1.29, 1.82) is 0 Å². The first-order chi connectivity index (χ1) is 7.36. The summed E-state index contributed by atoms with van der Waals surface area (Å²) in [7, 11) is 0. The van der Waals surface area contributed by atoms with Crippen LogP contribution in [-0.2, 0) is 4.79 Å². The topological polar surface area (TPSA) is 41.1 Å². The third-order valence-electron chi connectivity index (χ3n) is 3.67. The van der Waals surface area contributed by atoms with Crippen LogP contribution in [0.4, 0.5) is 0 Å². The Labute approximate surface area is 92.0 Å². The van der Waals surface area contributed by atoms with Gasteiger partial charge in [-0.1, -0.05) is 19.3 Å². The molecule has 0 bridgehead atoms. The largest absolute Gasteiger partial charge is 0.354 e. The predicted octanol–water partition coefficient (Wildman–Crippen LogP) is 1.43. The minimum Gasteiger partial charge on any atom is -0.354 e. The number of rotatable bonds is 3. The van der Waals surface area contributed by atoms with Gasteiger partial charge in [0.1, 0.15) is 0 Å². The Balaban J connectivity index is 1.68. The summed E-state index contributed by atoms with van der Waals surface area (Å²) in [5, 5.41) is 6.41. The molecule has 1 aliphatic heterocycles. The molecule has 1 atom stereocenters. The molecule has 0 spiro atoms. The summed E-state index contributed by atoms with van der Waals surface area (Å²) in [5.41, 5.74) is 0. The highest BCUT2D eigenvalue weighted by molar-refractivity contribution is 5.81. The maximum Gasteiger partial charge on any atom is 0.237 e. The lowest BCUT2D eigenvalue weighted by Crippen LogP contribution is -2.45. The van der Waals surface area contributed by atoms with Gasteiger partial charge >= 0.3 is 0 Å². The molecular formula is C12H22N2O. The highest BCUT2D eigenvalue weighted by atomic mass is 16.2. The van der Waals surface area contributed by atoms with Crippen LogP contribution in [0.25, 0.3) is 0 Å². The number of hydrogen-bond donors (Lipinski definition) is 2. The summed E-state index contributed by atoms with van der Waals surface area (Å²) in [6.07, 6.45) is 8.63. The molecule has 2 N–H and O–H groups in total. The molecule has 15 heavy (non-hydrogen) atoms. The highest BCUT2D eigenvalue weighted by Gasteiger charge is 2.22. The number of nitrogens with one attached hydrogen (secondary N) is 2. The van der Waals surface area contributed by atoms with Gasteiger partial charge in [-0.25, -0.2) is 0 Å². The lowest BCUT2D eigenvalue weighted by atomic mass is 9.85. The standard InChI is InChI=1S/C12H22N2O/c15-12(14-9-10-5-4-6-10)11-7-2-1-3-8-13-11/h10-11,13H,1-9H2,(H,14,15). The fourth-order valence-electron chi connectivity index (χ4n) is 2.32. The number of carbonyl (C=O) groups excluding carboxylic acids is 1. The molecule has 1 saturated heterocycles. The van der Waals surface area contributed by atoms with Crippen LogP contribution in [0.1, 0.15) is 44.9 Å². The summed E-state index contributed by atoms with van der Waals surface area (Å²) in [5.74, 6) is 0.989. The third kappa shape index (κ3) is 3.20. The Morgan fingerprint density at radius 2 is 2.00 bits per heavy atom. The molecule has 0 aromatic carbocycles. The van der Waals surface area contributed by atoms with Crippen LogP contribution in [0.3, 0.4) is 0 Å². The number of hydrogen-bond acceptors (Lipinski definition) is 2. The van der Waals surface area contributed by atoms with Gasteiger partial charge in [-0.05, 0) is 38.1 Å². The summed E-state index contributed by atoms with van der Waals surface area (Å²) < 4.78 is 0. The second-order valence-electron chi connectivity index (χ2n) is 4.90. The first-order valence-electron chi connectivity index (χ1n) is 6.37. The average Bonchev–Trinajstić information content (AvgIpc) is 2.43. The fourth-order valence-corrected chi connectivity index (χ4v) is 2.32. The molecule has 0 aromatic heterocycles. The molecule has 0 radical (unpaired) electrons. The number of amides is 1. The predicted molar refractivity (Wildman–Crippen MR) is 60.6 cm³/mol. The zero-order chi connectivity index (χ0) is 10.5. The summed E-state index contributed by atoms with van der Waals surface area (Å²) in [6, 6.07) is 0.0765. The van der Waals surface area contributed by atoms with Crippen molar-refractivity contribution in [2.75, 3.05) is 13.1 Å². The van der Waals surface area contributed by atoms with E-state index in [2.05, 4.69) is 10.6 Å². The average molecular weight is 210 g/mol. The highest BCUT2D eigenvalue weighted by Crippen LogP contribution is 2.25. The van der Waals surface area contributed by atoms with Gasteiger partial charge in [0, 0.05) is 6.54 Å². The zero-order valence-electron chi connectivity index (χ0n) is 9.43. The van der Waals surface area contributed by atoms with Gasteiger partial charge in [0.2, 0.25) is 5.91 Å². The quantitative estimate of drug-likeness (QED) is 0.740. The zero-order valence-corrected chi connectivity index (χ0v) is 9.43. The van der Waals surface area contributed by atoms with Gasteiger partial charge in [0.15, 0.2) is 0 Å². The van der Waals surface area contributed by atoms with Crippen molar-refractivity contribution < 1.29 is 4.79 Å². The second kappa shape index (κ2) is 5.50. The van der Waals surface area contributed by atoms with E-state index in [4.69, 9.17) is 0 Å². The van der Waals surface area contributed by atoms with Crippen molar-refractivity contribution >= 4 is 5.91 Å². The smallest absolute Gasteiger partial charge is 0.237 e. The molecule has 1 aliphatic carbocycles. The number of carbonyl (C=O) groups is 1. The minimum absolute atomic E-state index is 0.0765. The summed E-state index contributed by atoms with van der Waals surface area (Å²) in [4.78, 5) is 11.8. The molecule has 1 heterocycles. The monoisotopic (exact) mass is 210 g/mol. The molecule has 0 aromatic rings. The van der Waals surface area contributed by atoms with Gasteiger partial charge < -0.3 is 10.6 Å². The van der Waals surface area contributed by atoms with E-state index in [1.807, 2.05) is 0 Å². The Hall–Kier alpha value is -0.570. The van der Waals surface area contributed by atoms with Crippen molar-refractivity contribution in [3.05, 3.63) is 0 Å². The van der Waals surface area contributed by atoms with Crippen molar-refractivity contribution in [1.82, 2.24) is 10.6 Å². The molecule has 2 rings (SSSR count). The molecule has 3 heteroatoms. The van der Waals surface area contributed by atoms with Crippen LogP contribution in [0.5, 0.6) is 0 Å². The maximum atomic E-state index is 11.8. The van der Waals surface area contributed by atoms with Crippen molar-refractivity contribution in [2.45, 2.75) is 51.0 Å². The maximum absolute atomic E-state index is 11.8. The fraction of sp³-hybridized carbons (Fsp3) is 0.917. The van der Waals surface area contributed by atoms with Gasteiger partial charge in [-0.3, -0.25) is 4.79 Å². The van der Waals surface area contributed by atoms with E-state index < -0.39 is 0 Å². The lowest BCUT2D eigenvalue weighted by molar-refractivity contribution is -0.123. The second-order valence-corrected chi connectivity index (χ2v) is 4.90. The first kappa shape index (κ1) is 10.9. The van der Waals surface area contributed by atoms with E-state index in [1.54, 1.807) is 0 Å². The van der Waals surface area contributed by atoms with Crippen LogP contribution in [0, 0.1) is 5.92 Å². The van der Waals surface area contributed by atoms with Gasteiger partial charge in [-0.15, -0.1) is 0 Å². The van der Waals surface area contributed by atoms with Crippen molar-refractivity contribution in [3.8, 4) is 0 Å². The van der Waals surface area contributed by atoms with E-state index in [9.17, 15) is 4.79 Å². The molecule has 2 aliphatic rings. The van der Waals surface area contributed by atoms with Crippen molar-refractivity contribution in [3.63, 3.8) is 0 Å². The Bertz CT molecular complexity index is 206. The van der Waals surface area contributed by atoms with E-state index in [0.29, 0.717) is 0 Å².